The Morgan fingerprint density at radius 3 is 3.05 bits per heavy atom. The maximum absolute atomic E-state index is 10.8. The molecular formula is C14H16N4O3. The summed E-state index contributed by atoms with van der Waals surface area (Å²) in [4.78, 5) is 18.0. The largest absolute Gasteiger partial charge is 0.380 e. The molecule has 0 radical (unpaired) electrons. The van der Waals surface area contributed by atoms with Crippen LogP contribution in [0.15, 0.2) is 30.5 Å². The fourth-order valence-corrected chi connectivity index (χ4v) is 2.54. The van der Waals surface area contributed by atoms with E-state index in [1.54, 1.807) is 19.4 Å². The summed E-state index contributed by atoms with van der Waals surface area (Å²) in [6.07, 6.45) is 2.76. The molecule has 7 nitrogen and oxygen atoms in total. The fourth-order valence-electron chi connectivity index (χ4n) is 2.54. The molecular weight excluding hydrogens is 272 g/mol. The Labute approximate surface area is 121 Å². The van der Waals surface area contributed by atoms with Crippen LogP contribution >= 0.6 is 0 Å². The third-order valence-corrected chi connectivity index (χ3v) is 3.72. The number of aromatic nitrogens is 2. The van der Waals surface area contributed by atoms with Crippen molar-refractivity contribution in [3.63, 3.8) is 0 Å². The second-order valence-corrected chi connectivity index (χ2v) is 5.04. The van der Waals surface area contributed by atoms with Crippen molar-refractivity contribution in [2.24, 2.45) is 0 Å². The van der Waals surface area contributed by atoms with Crippen LogP contribution < -0.4 is 5.32 Å². The van der Waals surface area contributed by atoms with Gasteiger partial charge >= 0.3 is 0 Å². The average Bonchev–Trinajstić information content (AvgIpc) is 3.16. The number of imidazole rings is 1. The summed E-state index contributed by atoms with van der Waals surface area (Å²) in [6, 6.07) is 6.63. The molecule has 110 valence electrons. The van der Waals surface area contributed by atoms with Gasteiger partial charge in [0, 0.05) is 31.4 Å². The molecule has 2 atom stereocenters. The van der Waals surface area contributed by atoms with E-state index in [2.05, 4.69) is 15.3 Å². The molecule has 0 bridgehead atoms. The van der Waals surface area contributed by atoms with E-state index < -0.39 is 4.92 Å². The van der Waals surface area contributed by atoms with Crippen LogP contribution in [0.1, 0.15) is 18.3 Å². The van der Waals surface area contributed by atoms with Crippen LogP contribution in [0.4, 0.5) is 5.69 Å². The smallest absolute Gasteiger partial charge is 0.270 e. The van der Waals surface area contributed by atoms with Crippen molar-refractivity contribution >= 4 is 5.69 Å². The molecule has 1 saturated heterocycles. The molecule has 3 rings (SSSR count). The Morgan fingerprint density at radius 2 is 2.33 bits per heavy atom. The lowest BCUT2D eigenvalue weighted by Gasteiger charge is -2.06. The number of ether oxygens (including phenoxy) is 1. The molecule has 1 aromatic heterocycles. The number of non-ortho nitro benzene ring substituents is 1. The lowest BCUT2D eigenvalue weighted by Crippen LogP contribution is -2.16. The second-order valence-electron chi connectivity index (χ2n) is 5.04. The molecule has 1 fully saturated rings. The van der Waals surface area contributed by atoms with Crippen molar-refractivity contribution in [2.75, 3.05) is 13.7 Å². The fraction of sp³-hybridized carbons (Fsp3) is 0.357. The van der Waals surface area contributed by atoms with Crippen molar-refractivity contribution in [1.29, 1.82) is 0 Å². The summed E-state index contributed by atoms with van der Waals surface area (Å²) in [7, 11) is 1.70. The Morgan fingerprint density at radius 1 is 1.48 bits per heavy atom. The summed E-state index contributed by atoms with van der Waals surface area (Å²) in [5, 5.41) is 14.2. The number of H-pyrrole nitrogens is 1. The van der Waals surface area contributed by atoms with E-state index in [0.717, 1.165) is 30.0 Å². The zero-order valence-corrected chi connectivity index (χ0v) is 11.6. The quantitative estimate of drug-likeness (QED) is 0.663. The van der Waals surface area contributed by atoms with Crippen molar-refractivity contribution in [2.45, 2.75) is 18.6 Å². The molecule has 1 aliphatic rings. The van der Waals surface area contributed by atoms with Crippen LogP contribution in [0.25, 0.3) is 11.3 Å². The summed E-state index contributed by atoms with van der Waals surface area (Å²) in [6.45, 7) is 0.800. The maximum Gasteiger partial charge on any atom is 0.270 e. The predicted octanol–water partition coefficient (Wildman–Crippen LogP) is 2.03. The van der Waals surface area contributed by atoms with E-state index in [9.17, 15) is 10.1 Å². The van der Waals surface area contributed by atoms with Crippen LogP contribution in [-0.4, -0.2) is 34.6 Å². The first-order valence-corrected chi connectivity index (χ1v) is 6.73. The molecule has 0 spiro atoms. The molecule has 2 N–H and O–H groups in total. The zero-order chi connectivity index (χ0) is 14.8. The topological polar surface area (TPSA) is 93.1 Å². The lowest BCUT2D eigenvalue weighted by atomic mass is 10.1. The minimum atomic E-state index is -0.400. The highest BCUT2D eigenvalue weighted by Crippen LogP contribution is 2.26. The third-order valence-electron chi connectivity index (χ3n) is 3.72. The number of hydrogen-bond acceptors (Lipinski definition) is 5. The van der Waals surface area contributed by atoms with E-state index in [1.807, 2.05) is 6.07 Å². The van der Waals surface area contributed by atoms with E-state index in [4.69, 9.17) is 4.74 Å². The predicted molar refractivity (Wildman–Crippen MR) is 76.8 cm³/mol. The second kappa shape index (κ2) is 5.63. The Bertz CT molecular complexity index is 655. The maximum atomic E-state index is 10.8. The number of aromatic amines is 1. The highest BCUT2D eigenvalue weighted by Gasteiger charge is 2.27. The van der Waals surface area contributed by atoms with Gasteiger partial charge in [0.2, 0.25) is 0 Å². The van der Waals surface area contributed by atoms with E-state index in [0.29, 0.717) is 0 Å². The molecule has 0 aliphatic carbocycles. The van der Waals surface area contributed by atoms with E-state index in [-0.39, 0.29) is 17.8 Å². The molecule has 21 heavy (non-hydrogen) atoms. The highest BCUT2D eigenvalue weighted by atomic mass is 16.6. The van der Waals surface area contributed by atoms with Crippen LogP contribution in [-0.2, 0) is 4.74 Å². The normalized spacial score (nSPS) is 21.6. The van der Waals surface area contributed by atoms with E-state index in [1.165, 1.54) is 12.1 Å². The Hall–Kier alpha value is -2.25. The number of nitrogens with one attached hydrogen (secondary N) is 2. The van der Waals surface area contributed by atoms with Crippen molar-refractivity contribution < 1.29 is 9.66 Å². The molecule has 0 saturated carbocycles. The first-order valence-electron chi connectivity index (χ1n) is 6.73. The van der Waals surface area contributed by atoms with Gasteiger partial charge in [0.1, 0.15) is 5.82 Å². The molecule has 0 amide bonds. The van der Waals surface area contributed by atoms with Gasteiger partial charge in [0.25, 0.3) is 5.69 Å². The number of hydrogen-bond donors (Lipinski definition) is 2. The number of methoxy groups -OCH3 is 1. The Kier molecular flexibility index (Phi) is 3.68. The van der Waals surface area contributed by atoms with Crippen LogP contribution in [0.5, 0.6) is 0 Å². The summed E-state index contributed by atoms with van der Waals surface area (Å²) in [5.74, 6) is 0.830. The number of nitro groups is 1. The highest BCUT2D eigenvalue weighted by molar-refractivity contribution is 5.62. The van der Waals surface area contributed by atoms with Gasteiger partial charge in [-0.15, -0.1) is 0 Å². The van der Waals surface area contributed by atoms with Gasteiger partial charge < -0.3 is 15.0 Å². The van der Waals surface area contributed by atoms with E-state index >= 15 is 0 Å². The van der Waals surface area contributed by atoms with Crippen LogP contribution in [0.2, 0.25) is 0 Å². The number of nitrogens with zero attached hydrogens (tertiary/aromatic N) is 2. The first-order chi connectivity index (χ1) is 10.2. The Balaban J connectivity index is 1.82. The summed E-state index contributed by atoms with van der Waals surface area (Å²) in [5.41, 5.74) is 1.60. The number of nitro benzene ring substituents is 1. The van der Waals surface area contributed by atoms with Crippen molar-refractivity contribution in [3.05, 3.63) is 46.4 Å². The zero-order valence-electron chi connectivity index (χ0n) is 11.6. The number of rotatable bonds is 4. The molecule has 1 aromatic carbocycles. The number of benzene rings is 1. The monoisotopic (exact) mass is 288 g/mol. The third kappa shape index (κ3) is 2.79. The van der Waals surface area contributed by atoms with Crippen molar-refractivity contribution in [3.8, 4) is 11.3 Å². The van der Waals surface area contributed by atoms with Crippen LogP contribution in [0, 0.1) is 10.1 Å². The standard InChI is InChI=1S/C14H16N4O3/c1-21-11-6-12(15-7-11)14-16-8-13(17-14)9-3-2-4-10(5-9)18(19)20/h2-5,8,11-12,15H,6-7H2,1H3,(H,16,17). The average molecular weight is 288 g/mol. The summed E-state index contributed by atoms with van der Waals surface area (Å²) >= 11 is 0. The van der Waals surface area contributed by atoms with Gasteiger partial charge in [0.15, 0.2) is 0 Å². The minimum Gasteiger partial charge on any atom is -0.380 e. The molecule has 2 heterocycles. The molecule has 2 aromatic rings. The van der Waals surface area contributed by atoms with Crippen molar-refractivity contribution in [1.82, 2.24) is 15.3 Å². The summed E-state index contributed by atoms with van der Waals surface area (Å²) < 4.78 is 5.32. The van der Waals surface area contributed by atoms with Gasteiger partial charge in [0.05, 0.1) is 29.0 Å². The van der Waals surface area contributed by atoms with Gasteiger partial charge in [-0.05, 0) is 6.42 Å². The molecule has 1 aliphatic heterocycles. The van der Waals surface area contributed by atoms with Crippen LogP contribution in [0.3, 0.4) is 0 Å². The molecule has 2 unspecified atom stereocenters. The van der Waals surface area contributed by atoms with Gasteiger partial charge in [-0.2, -0.15) is 0 Å². The van der Waals surface area contributed by atoms with Gasteiger partial charge in [-0.25, -0.2) is 4.98 Å². The van der Waals surface area contributed by atoms with Gasteiger partial charge in [-0.3, -0.25) is 10.1 Å². The minimum absolute atomic E-state index is 0.0714. The molecule has 7 heteroatoms. The lowest BCUT2D eigenvalue weighted by molar-refractivity contribution is -0.384. The van der Waals surface area contributed by atoms with Gasteiger partial charge in [-0.1, -0.05) is 12.1 Å². The first kappa shape index (κ1) is 13.7. The SMILES string of the molecule is COC1CNC(c2ncc(-c3cccc([N+](=O)[O-])c3)[nH]2)C1.